The van der Waals surface area contributed by atoms with Crippen LogP contribution in [0, 0.1) is 0 Å². The molecule has 1 N–H and O–H groups in total. The molecule has 2 nitrogen and oxygen atoms in total. The van der Waals surface area contributed by atoms with Gasteiger partial charge >= 0.3 is 0 Å². The molecule has 1 fully saturated rings. The minimum atomic E-state index is -0.104. The number of morpholine rings is 1. The molecular formula is C17H18BrNO. The lowest BCUT2D eigenvalue weighted by molar-refractivity contribution is -0.0307. The van der Waals surface area contributed by atoms with E-state index in [1.807, 2.05) is 6.07 Å². The maximum atomic E-state index is 6.10. The van der Waals surface area contributed by atoms with Crippen molar-refractivity contribution in [1.29, 1.82) is 0 Å². The molecule has 0 bridgehead atoms. The van der Waals surface area contributed by atoms with Crippen molar-refractivity contribution in [3.05, 3.63) is 70.2 Å². The summed E-state index contributed by atoms with van der Waals surface area (Å²) in [5, 5.41) is 3.64. The van der Waals surface area contributed by atoms with Crippen LogP contribution in [0.4, 0.5) is 0 Å². The zero-order valence-electron chi connectivity index (χ0n) is 11.5. The Balaban J connectivity index is 1.72. The van der Waals surface area contributed by atoms with E-state index in [0.717, 1.165) is 11.0 Å². The van der Waals surface area contributed by atoms with Crippen LogP contribution in [0.2, 0.25) is 0 Å². The van der Waals surface area contributed by atoms with Crippen molar-refractivity contribution in [2.75, 3.05) is 13.2 Å². The van der Waals surface area contributed by atoms with Gasteiger partial charge in [-0.2, -0.15) is 0 Å². The van der Waals surface area contributed by atoms with E-state index in [9.17, 15) is 0 Å². The van der Waals surface area contributed by atoms with E-state index in [1.165, 1.54) is 11.1 Å². The third-order valence-corrected chi connectivity index (χ3v) is 4.43. The number of ether oxygens (including phenoxy) is 1. The highest BCUT2D eigenvalue weighted by Crippen LogP contribution is 2.30. The van der Waals surface area contributed by atoms with Crippen LogP contribution in [0.15, 0.2) is 59.1 Å². The van der Waals surface area contributed by atoms with Crippen LogP contribution >= 0.6 is 15.9 Å². The average molecular weight is 332 g/mol. The largest absolute Gasteiger partial charge is 0.370 e. The van der Waals surface area contributed by atoms with E-state index in [1.54, 1.807) is 0 Å². The summed E-state index contributed by atoms with van der Waals surface area (Å²) in [5.41, 5.74) is 2.39. The van der Waals surface area contributed by atoms with Crippen molar-refractivity contribution in [1.82, 2.24) is 5.32 Å². The smallest absolute Gasteiger partial charge is 0.0950 e. The highest BCUT2D eigenvalue weighted by atomic mass is 79.9. The molecule has 3 heteroatoms. The molecule has 1 saturated heterocycles. The number of hydrogen-bond donors (Lipinski definition) is 1. The van der Waals surface area contributed by atoms with Gasteiger partial charge in [-0.3, -0.25) is 0 Å². The Labute approximate surface area is 128 Å². The van der Waals surface area contributed by atoms with Crippen LogP contribution in [0.1, 0.15) is 24.2 Å². The molecule has 2 aromatic carbocycles. The molecule has 0 aliphatic carbocycles. The quantitative estimate of drug-likeness (QED) is 0.897. The normalized spacial score (nSPS) is 26.4. The molecule has 2 atom stereocenters. The maximum absolute atomic E-state index is 6.10. The summed E-state index contributed by atoms with van der Waals surface area (Å²) in [5.74, 6) is 0. The Morgan fingerprint density at radius 2 is 1.80 bits per heavy atom. The van der Waals surface area contributed by atoms with Crippen molar-refractivity contribution < 1.29 is 4.74 Å². The summed E-state index contributed by atoms with van der Waals surface area (Å²) in [6, 6.07) is 18.8. The SMILES string of the molecule is CC1(c2ccccc2)COC(c2ccc(Br)cc2)CN1. The fourth-order valence-corrected chi connectivity index (χ4v) is 2.84. The standard InChI is InChI=1S/C17H18BrNO/c1-17(14-5-3-2-4-6-14)12-20-16(11-19-17)13-7-9-15(18)10-8-13/h2-10,16,19H,11-12H2,1H3. The first kappa shape index (κ1) is 13.8. The second kappa shape index (κ2) is 5.68. The van der Waals surface area contributed by atoms with Crippen LogP contribution in [-0.4, -0.2) is 13.2 Å². The Bertz CT molecular complexity index is 559. The van der Waals surface area contributed by atoms with Gasteiger partial charge in [0, 0.05) is 11.0 Å². The van der Waals surface area contributed by atoms with Gasteiger partial charge in [-0.1, -0.05) is 58.4 Å². The molecule has 0 aromatic heterocycles. The van der Waals surface area contributed by atoms with Crippen molar-refractivity contribution in [2.45, 2.75) is 18.6 Å². The van der Waals surface area contributed by atoms with Gasteiger partial charge in [0.1, 0.15) is 0 Å². The highest BCUT2D eigenvalue weighted by Gasteiger charge is 2.33. The van der Waals surface area contributed by atoms with Gasteiger partial charge < -0.3 is 10.1 Å². The molecule has 2 unspecified atom stereocenters. The van der Waals surface area contributed by atoms with E-state index >= 15 is 0 Å². The fraction of sp³-hybridized carbons (Fsp3) is 0.294. The van der Waals surface area contributed by atoms with Crippen LogP contribution in [-0.2, 0) is 10.3 Å². The minimum Gasteiger partial charge on any atom is -0.370 e. The first-order valence-corrected chi connectivity index (χ1v) is 7.64. The Hall–Kier alpha value is -1.16. The molecule has 3 rings (SSSR count). The van der Waals surface area contributed by atoms with E-state index < -0.39 is 0 Å². The van der Waals surface area contributed by atoms with Gasteiger partial charge in [0.2, 0.25) is 0 Å². The summed E-state index contributed by atoms with van der Waals surface area (Å²) in [7, 11) is 0. The Kier molecular flexibility index (Phi) is 3.92. The average Bonchev–Trinajstić information content (AvgIpc) is 2.50. The number of rotatable bonds is 2. The van der Waals surface area contributed by atoms with Crippen molar-refractivity contribution in [3.63, 3.8) is 0 Å². The van der Waals surface area contributed by atoms with Crippen LogP contribution in [0.25, 0.3) is 0 Å². The summed E-state index contributed by atoms with van der Waals surface area (Å²) in [4.78, 5) is 0. The van der Waals surface area contributed by atoms with E-state index in [0.29, 0.717) is 6.61 Å². The van der Waals surface area contributed by atoms with E-state index in [2.05, 4.69) is 76.7 Å². The van der Waals surface area contributed by atoms with Gasteiger partial charge in [-0.15, -0.1) is 0 Å². The molecular weight excluding hydrogens is 314 g/mol. The fourth-order valence-electron chi connectivity index (χ4n) is 2.58. The lowest BCUT2D eigenvalue weighted by Crippen LogP contribution is -2.50. The highest BCUT2D eigenvalue weighted by molar-refractivity contribution is 9.10. The van der Waals surface area contributed by atoms with Gasteiger partial charge in [-0.25, -0.2) is 0 Å². The summed E-state index contributed by atoms with van der Waals surface area (Å²) in [6.45, 7) is 3.70. The zero-order valence-corrected chi connectivity index (χ0v) is 13.1. The molecule has 0 spiro atoms. The molecule has 0 radical (unpaired) electrons. The zero-order chi connectivity index (χ0) is 14.0. The predicted octanol–water partition coefficient (Wildman–Crippen LogP) is 4.03. The molecule has 1 aliphatic heterocycles. The Morgan fingerprint density at radius 3 is 2.40 bits per heavy atom. The predicted molar refractivity (Wildman–Crippen MR) is 84.6 cm³/mol. The topological polar surface area (TPSA) is 21.3 Å². The molecule has 1 aliphatic rings. The van der Waals surface area contributed by atoms with Crippen molar-refractivity contribution in [2.24, 2.45) is 0 Å². The summed E-state index contributed by atoms with van der Waals surface area (Å²) in [6.07, 6.45) is 0.125. The lowest BCUT2D eigenvalue weighted by atomic mass is 9.91. The number of hydrogen-bond acceptors (Lipinski definition) is 2. The summed E-state index contributed by atoms with van der Waals surface area (Å²) < 4.78 is 7.19. The maximum Gasteiger partial charge on any atom is 0.0950 e. The third-order valence-electron chi connectivity index (χ3n) is 3.90. The second-order valence-electron chi connectivity index (χ2n) is 5.43. The van der Waals surface area contributed by atoms with Gasteiger partial charge in [0.05, 0.1) is 18.2 Å². The van der Waals surface area contributed by atoms with Crippen molar-refractivity contribution >= 4 is 15.9 Å². The van der Waals surface area contributed by atoms with E-state index in [-0.39, 0.29) is 11.6 Å². The number of benzene rings is 2. The molecule has 0 amide bonds. The first-order chi connectivity index (χ1) is 9.67. The molecule has 0 saturated carbocycles. The molecule has 20 heavy (non-hydrogen) atoms. The number of halogens is 1. The molecule has 104 valence electrons. The molecule has 2 aromatic rings. The van der Waals surface area contributed by atoms with E-state index in [4.69, 9.17) is 4.74 Å². The number of nitrogens with one attached hydrogen (secondary N) is 1. The van der Waals surface area contributed by atoms with Crippen LogP contribution in [0.3, 0.4) is 0 Å². The summed E-state index contributed by atoms with van der Waals surface area (Å²) >= 11 is 3.46. The van der Waals surface area contributed by atoms with Gasteiger partial charge in [-0.05, 0) is 30.2 Å². The van der Waals surface area contributed by atoms with Crippen LogP contribution in [0.5, 0.6) is 0 Å². The second-order valence-corrected chi connectivity index (χ2v) is 6.35. The minimum absolute atomic E-state index is 0.104. The van der Waals surface area contributed by atoms with Crippen molar-refractivity contribution in [3.8, 4) is 0 Å². The van der Waals surface area contributed by atoms with Gasteiger partial charge in [0.25, 0.3) is 0 Å². The first-order valence-electron chi connectivity index (χ1n) is 6.85. The third kappa shape index (κ3) is 2.80. The van der Waals surface area contributed by atoms with Crippen LogP contribution < -0.4 is 5.32 Å². The lowest BCUT2D eigenvalue weighted by Gasteiger charge is -2.39. The monoisotopic (exact) mass is 331 g/mol. The molecule has 1 heterocycles. The Morgan fingerprint density at radius 1 is 1.10 bits per heavy atom. The van der Waals surface area contributed by atoms with Gasteiger partial charge in [0.15, 0.2) is 0 Å².